The Labute approximate surface area is 119 Å². The Bertz CT molecular complexity index is 475. The summed E-state index contributed by atoms with van der Waals surface area (Å²) in [5.74, 6) is -1.31. The van der Waals surface area contributed by atoms with Crippen LogP contribution < -0.4 is 0 Å². The van der Waals surface area contributed by atoms with Gasteiger partial charge in [-0.05, 0) is 19.5 Å². The van der Waals surface area contributed by atoms with E-state index in [1.807, 2.05) is 37.4 Å². The van der Waals surface area contributed by atoms with Crippen LogP contribution in [-0.4, -0.2) is 55.0 Å². The minimum Gasteiger partial charge on any atom is -0.459 e. The second kappa shape index (κ2) is 6.52. The summed E-state index contributed by atoms with van der Waals surface area (Å²) in [5.41, 5.74) is 1.04. The zero-order valence-corrected chi connectivity index (χ0v) is 11.9. The number of hydrogen-bond donors (Lipinski definition) is 0. The lowest BCUT2D eigenvalue weighted by atomic mass is 10.0. The number of carbonyl (C=O) groups is 2. The topological polar surface area (TPSA) is 49.9 Å². The molecule has 0 N–H and O–H groups in total. The van der Waals surface area contributed by atoms with Crippen molar-refractivity contribution in [1.29, 1.82) is 0 Å². The highest BCUT2D eigenvalue weighted by Gasteiger charge is 2.34. The van der Waals surface area contributed by atoms with Crippen LogP contribution in [0.4, 0.5) is 0 Å². The molecule has 2 rings (SSSR count). The molecular weight excluding hydrogens is 256 g/mol. The van der Waals surface area contributed by atoms with Crippen LogP contribution in [0, 0.1) is 0 Å². The summed E-state index contributed by atoms with van der Waals surface area (Å²) in [6.07, 6.45) is 0. The van der Waals surface area contributed by atoms with E-state index in [4.69, 9.17) is 4.74 Å². The zero-order valence-electron chi connectivity index (χ0n) is 11.9. The van der Waals surface area contributed by atoms with Crippen molar-refractivity contribution in [3.63, 3.8) is 0 Å². The molecule has 1 saturated heterocycles. The molecule has 0 saturated carbocycles. The van der Waals surface area contributed by atoms with E-state index >= 15 is 0 Å². The first-order valence-electron chi connectivity index (χ1n) is 6.84. The first-order chi connectivity index (χ1) is 9.63. The lowest BCUT2D eigenvalue weighted by Crippen LogP contribution is -2.51. The summed E-state index contributed by atoms with van der Waals surface area (Å²) >= 11 is 0. The van der Waals surface area contributed by atoms with Gasteiger partial charge in [-0.15, -0.1) is 0 Å². The van der Waals surface area contributed by atoms with Crippen molar-refractivity contribution >= 4 is 11.9 Å². The summed E-state index contributed by atoms with van der Waals surface area (Å²) in [7, 11) is 2.02. The summed E-state index contributed by atoms with van der Waals surface area (Å²) in [4.78, 5) is 27.7. The molecule has 1 unspecified atom stereocenters. The number of ether oxygens (including phenoxy) is 1. The van der Waals surface area contributed by atoms with Crippen molar-refractivity contribution in [3.8, 4) is 0 Å². The molecule has 108 valence electrons. The van der Waals surface area contributed by atoms with Crippen LogP contribution in [0.3, 0.4) is 0 Å². The minimum absolute atomic E-state index is 0.105. The molecule has 1 amide bonds. The van der Waals surface area contributed by atoms with E-state index in [2.05, 4.69) is 4.90 Å². The third kappa shape index (κ3) is 3.17. The maximum atomic E-state index is 12.2. The van der Waals surface area contributed by atoms with E-state index in [0.717, 1.165) is 18.7 Å². The predicted octanol–water partition coefficient (Wildman–Crippen LogP) is 1.06. The van der Waals surface area contributed by atoms with Crippen molar-refractivity contribution < 1.29 is 14.3 Å². The summed E-state index contributed by atoms with van der Waals surface area (Å²) < 4.78 is 4.82. The first-order valence-corrected chi connectivity index (χ1v) is 6.84. The number of hydrogen-bond acceptors (Lipinski definition) is 4. The van der Waals surface area contributed by atoms with Gasteiger partial charge in [0.2, 0.25) is 0 Å². The Morgan fingerprint density at radius 1 is 1.25 bits per heavy atom. The minimum atomic E-state index is -0.766. The van der Waals surface area contributed by atoms with E-state index in [1.54, 1.807) is 11.8 Å². The lowest BCUT2D eigenvalue weighted by molar-refractivity contribution is -0.162. The average Bonchev–Trinajstić information content (AvgIpc) is 2.47. The first kappa shape index (κ1) is 14.5. The fourth-order valence-electron chi connectivity index (χ4n) is 2.43. The van der Waals surface area contributed by atoms with Crippen LogP contribution in [0.15, 0.2) is 30.3 Å². The van der Waals surface area contributed by atoms with E-state index in [-0.39, 0.29) is 12.6 Å². The number of rotatable bonds is 2. The number of benzene rings is 1. The number of likely N-dealkylation sites (N-methyl/N-ethyl adjacent to an activating group) is 1. The fraction of sp³-hybridized carbons (Fsp3) is 0.467. The fourth-order valence-corrected chi connectivity index (χ4v) is 2.43. The standard InChI is InChI=1S/C15H20N2O3/c1-3-20-15(19)14(18)17-10-9-16(2)11-13(17)12-7-5-4-6-8-12/h4-8,13H,3,9-11H2,1-2H3. The van der Waals surface area contributed by atoms with E-state index in [1.165, 1.54) is 0 Å². The Balaban J connectivity index is 2.20. The number of nitrogens with zero attached hydrogens (tertiary/aromatic N) is 2. The lowest BCUT2D eigenvalue weighted by Gasteiger charge is -2.39. The van der Waals surface area contributed by atoms with Crippen LogP contribution in [0.25, 0.3) is 0 Å². The number of amides is 1. The molecule has 1 heterocycles. The average molecular weight is 276 g/mol. The van der Waals surface area contributed by atoms with Gasteiger partial charge in [0, 0.05) is 19.6 Å². The summed E-state index contributed by atoms with van der Waals surface area (Å²) in [6.45, 7) is 3.93. The number of carbonyl (C=O) groups excluding carboxylic acids is 2. The van der Waals surface area contributed by atoms with Crippen molar-refractivity contribution in [3.05, 3.63) is 35.9 Å². The van der Waals surface area contributed by atoms with E-state index in [0.29, 0.717) is 6.54 Å². The maximum absolute atomic E-state index is 12.2. The molecule has 0 aliphatic carbocycles. The van der Waals surface area contributed by atoms with Crippen LogP contribution in [-0.2, 0) is 14.3 Å². The van der Waals surface area contributed by atoms with Crippen LogP contribution in [0.2, 0.25) is 0 Å². The molecular formula is C15H20N2O3. The molecule has 1 aromatic carbocycles. The molecule has 0 radical (unpaired) electrons. The highest BCUT2D eigenvalue weighted by Crippen LogP contribution is 2.25. The monoisotopic (exact) mass is 276 g/mol. The number of piperazine rings is 1. The maximum Gasteiger partial charge on any atom is 0.397 e. The van der Waals surface area contributed by atoms with Crippen molar-refractivity contribution in [2.45, 2.75) is 13.0 Å². The quantitative estimate of drug-likeness (QED) is 0.599. The Kier molecular flexibility index (Phi) is 4.74. The van der Waals surface area contributed by atoms with Crippen LogP contribution >= 0.6 is 0 Å². The molecule has 20 heavy (non-hydrogen) atoms. The molecule has 0 bridgehead atoms. The van der Waals surface area contributed by atoms with Gasteiger partial charge in [-0.3, -0.25) is 4.79 Å². The molecule has 1 aliphatic heterocycles. The predicted molar refractivity (Wildman–Crippen MR) is 75.0 cm³/mol. The number of esters is 1. The molecule has 1 fully saturated rings. The van der Waals surface area contributed by atoms with Crippen molar-refractivity contribution in [1.82, 2.24) is 9.80 Å². The molecule has 0 aromatic heterocycles. The van der Waals surface area contributed by atoms with E-state index in [9.17, 15) is 9.59 Å². The highest BCUT2D eigenvalue weighted by atomic mass is 16.5. The molecule has 5 heteroatoms. The summed E-state index contributed by atoms with van der Waals surface area (Å²) in [6, 6.07) is 9.68. The second-order valence-electron chi connectivity index (χ2n) is 4.91. The largest absolute Gasteiger partial charge is 0.459 e. The molecule has 0 spiro atoms. The summed E-state index contributed by atoms with van der Waals surface area (Å²) in [5, 5.41) is 0. The van der Waals surface area contributed by atoms with Gasteiger partial charge in [0.1, 0.15) is 0 Å². The van der Waals surface area contributed by atoms with Crippen LogP contribution in [0.1, 0.15) is 18.5 Å². The van der Waals surface area contributed by atoms with Gasteiger partial charge >= 0.3 is 11.9 Å². The van der Waals surface area contributed by atoms with Gasteiger partial charge in [0.15, 0.2) is 0 Å². The van der Waals surface area contributed by atoms with Gasteiger partial charge < -0.3 is 14.5 Å². The normalized spacial score (nSPS) is 19.7. The molecule has 1 aliphatic rings. The third-order valence-corrected chi connectivity index (χ3v) is 3.48. The molecule has 1 aromatic rings. The van der Waals surface area contributed by atoms with E-state index < -0.39 is 11.9 Å². The van der Waals surface area contributed by atoms with Crippen molar-refractivity contribution in [2.24, 2.45) is 0 Å². The second-order valence-corrected chi connectivity index (χ2v) is 4.91. The van der Waals surface area contributed by atoms with Crippen molar-refractivity contribution in [2.75, 3.05) is 33.3 Å². The van der Waals surface area contributed by atoms with Gasteiger partial charge in [0.25, 0.3) is 0 Å². The molecule has 1 atom stereocenters. The van der Waals surface area contributed by atoms with Gasteiger partial charge in [0.05, 0.1) is 12.6 Å². The Morgan fingerprint density at radius 2 is 1.95 bits per heavy atom. The van der Waals surface area contributed by atoms with Gasteiger partial charge in [-0.2, -0.15) is 0 Å². The Morgan fingerprint density at radius 3 is 2.60 bits per heavy atom. The van der Waals surface area contributed by atoms with Gasteiger partial charge in [-0.1, -0.05) is 30.3 Å². The van der Waals surface area contributed by atoms with Crippen LogP contribution in [0.5, 0.6) is 0 Å². The highest BCUT2D eigenvalue weighted by molar-refractivity contribution is 6.32. The SMILES string of the molecule is CCOC(=O)C(=O)N1CCN(C)CC1c1ccccc1. The smallest absolute Gasteiger partial charge is 0.397 e. The Hall–Kier alpha value is -1.88. The van der Waals surface area contributed by atoms with Gasteiger partial charge in [-0.25, -0.2) is 4.79 Å². The molecule has 5 nitrogen and oxygen atoms in total. The third-order valence-electron chi connectivity index (χ3n) is 3.48. The zero-order chi connectivity index (χ0) is 14.5.